The van der Waals surface area contributed by atoms with E-state index in [4.69, 9.17) is 26.1 Å². The fourth-order valence-corrected chi connectivity index (χ4v) is 4.70. The molecular weight excluding hydrogens is 424 g/mol. The Morgan fingerprint density at radius 1 is 1.10 bits per heavy atom. The van der Waals surface area contributed by atoms with Gasteiger partial charge < -0.3 is 24.6 Å². The molecule has 1 aromatic heterocycles. The topological polar surface area (TPSA) is 66.9 Å². The molecule has 0 atom stereocenters. The first-order valence-corrected chi connectivity index (χ1v) is 10.8. The van der Waals surface area contributed by atoms with E-state index >= 15 is 0 Å². The van der Waals surface area contributed by atoms with E-state index in [9.17, 15) is 4.79 Å². The molecule has 2 amide bonds. The van der Waals surface area contributed by atoms with Gasteiger partial charge in [0.1, 0.15) is 0 Å². The molecule has 0 radical (unpaired) electrons. The third kappa shape index (κ3) is 4.39. The number of hydrogen-bond donors (Lipinski definition) is 1. The number of anilines is 1. The van der Waals surface area contributed by atoms with E-state index in [0.29, 0.717) is 36.2 Å². The Hall–Kier alpha value is -2.71. The van der Waals surface area contributed by atoms with Crippen molar-refractivity contribution in [3.63, 3.8) is 0 Å². The zero-order valence-corrected chi connectivity index (χ0v) is 18.4. The van der Waals surface area contributed by atoms with Crippen LogP contribution in [0, 0.1) is 0 Å². The van der Waals surface area contributed by atoms with E-state index in [-0.39, 0.29) is 6.03 Å². The van der Waals surface area contributed by atoms with Crippen molar-refractivity contribution in [2.75, 3.05) is 45.3 Å². The van der Waals surface area contributed by atoms with E-state index in [1.54, 1.807) is 25.6 Å². The van der Waals surface area contributed by atoms with Gasteiger partial charge in [0.05, 0.1) is 24.4 Å². The lowest BCUT2D eigenvalue weighted by molar-refractivity contribution is 0.194. The van der Waals surface area contributed by atoms with Crippen molar-refractivity contribution in [2.24, 2.45) is 0 Å². The first-order chi connectivity index (χ1) is 14.6. The SMILES string of the molecule is COc1ccc(CNC(=O)N2CCN(c3nc4ccc(Cl)cc4s3)CC2)cc1OC. The van der Waals surface area contributed by atoms with E-state index in [2.05, 4.69) is 10.2 Å². The number of carbonyl (C=O) groups is 1. The highest BCUT2D eigenvalue weighted by Crippen LogP contribution is 2.31. The number of urea groups is 1. The quantitative estimate of drug-likeness (QED) is 0.641. The average molecular weight is 447 g/mol. The predicted octanol–water partition coefficient (Wildman–Crippen LogP) is 4.00. The van der Waals surface area contributed by atoms with Crippen LogP contribution < -0.4 is 19.7 Å². The zero-order valence-electron chi connectivity index (χ0n) is 16.9. The fourth-order valence-electron chi connectivity index (χ4n) is 3.40. The first kappa shape index (κ1) is 20.6. The second-order valence-corrected chi connectivity index (χ2v) is 8.38. The normalized spacial score (nSPS) is 14.1. The molecule has 0 unspecified atom stereocenters. The van der Waals surface area contributed by atoms with Crippen LogP contribution in [-0.4, -0.2) is 56.3 Å². The maximum Gasteiger partial charge on any atom is 0.317 e. The summed E-state index contributed by atoms with van der Waals surface area (Å²) in [6.45, 7) is 3.22. The van der Waals surface area contributed by atoms with Crippen molar-refractivity contribution in [2.45, 2.75) is 6.54 Å². The molecule has 4 rings (SSSR count). The van der Waals surface area contributed by atoms with Gasteiger partial charge in [-0.15, -0.1) is 0 Å². The van der Waals surface area contributed by atoms with Gasteiger partial charge in [0, 0.05) is 37.7 Å². The number of piperazine rings is 1. The van der Waals surface area contributed by atoms with E-state index in [0.717, 1.165) is 34.0 Å². The summed E-state index contributed by atoms with van der Waals surface area (Å²) >= 11 is 7.71. The molecule has 7 nitrogen and oxygen atoms in total. The molecule has 1 aliphatic rings. The summed E-state index contributed by atoms with van der Waals surface area (Å²) in [7, 11) is 3.20. The Balaban J connectivity index is 1.31. The first-order valence-electron chi connectivity index (χ1n) is 9.62. The molecule has 0 spiro atoms. The summed E-state index contributed by atoms with van der Waals surface area (Å²) in [6.07, 6.45) is 0. The lowest BCUT2D eigenvalue weighted by Gasteiger charge is -2.34. The highest BCUT2D eigenvalue weighted by molar-refractivity contribution is 7.22. The van der Waals surface area contributed by atoms with Crippen LogP contribution in [-0.2, 0) is 6.54 Å². The van der Waals surface area contributed by atoms with Gasteiger partial charge in [-0.3, -0.25) is 0 Å². The smallest absolute Gasteiger partial charge is 0.317 e. The minimum absolute atomic E-state index is 0.0690. The molecule has 0 saturated carbocycles. The summed E-state index contributed by atoms with van der Waals surface area (Å²) in [5.74, 6) is 1.32. The summed E-state index contributed by atoms with van der Waals surface area (Å²) in [5, 5.41) is 4.67. The van der Waals surface area contributed by atoms with E-state index in [1.807, 2.05) is 41.3 Å². The number of amides is 2. The van der Waals surface area contributed by atoms with Gasteiger partial charge in [0.2, 0.25) is 0 Å². The Morgan fingerprint density at radius 3 is 2.60 bits per heavy atom. The summed E-state index contributed by atoms with van der Waals surface area (Å²) < 4.78 is 11.6. The molecular formula is C21H23ClN4O3S. The molecule has 1 fully saturated rings. The zero-order chi connectivity index (χ0) is 21.1. The predicted molar refractivity (Wildman–Crippen MR) is 120 cm³/mol. The van der Waals surface area contributed by atoms with Gasteiger partial charge in [-0.1, -0.05) is 29.0 Å². The summed E-state index contributed by atoms with van der Waals surface area (Å²) in [5.41, 5.74) is 1.90. The second-order valence-electron chi connectivity index (χ2n) is 6.93. The number of methoxy groups -OCH3 is 2. The largest absolute Gasteiger partial charge is 0.493 e. The number of aromatic nitrogens is 1. The minimum atomic E-state index is -0.0690. The lowest BCUT2D eigenvalue weighted by atomic mass is 10.2. The van der Waals surface area contributed by atoms with Crippen LogP contribution >= 0.6 is 22.9 Å². The van der Waals surface area contributed by atoms with E-state index in [1.165, 1.54) is 0 Å². The van der Waals surface area contributed by atoms with Crippen molar-refractivity contribution in [3.05, 3.63) is 47.0 Å². The molecule has 3 aromatic rings. The van der Waals surface area contributed by atoms with Crippen LogP contribution in [0.5, 0.6) is 11.5 Å². The maximum atomic E-state index is 12.6. The molecule has 0 aliphatic carbocycles. The molecule has 2 heterocycles. The third-order valence-electron chi connectivity index (χ3n) is 5.07. The third-order valence-corrected chi connectivity index (χ3v) is 6.38. The number of halogens is 1. The van der Waals surface area contributed by atoms with Gasteiger partial charge in [-0.25, -0.2) is 9.78 Å². The molecule has 1 aliphatic heterocycles. The standard InChI is InChI=1S/C21H23ClN4O3S/c1-28-17-6-3-14(11-18(17)29-2)13-23-20(27)25-7-9-26(10-8-25)21-24-16-5-4-15(22)12-19(16)30-21/h3-6,11-12H,7-10,13H2,1-2H3,(H,23,27). The van der Waals surface area contributed by atoms with Crippen molar-refractivity contribution in [1.82, 2.24) is 15.2 Å². The van der Waals surface area contributed by atoms with Crippen LogP contribution in [0.25, 0.3) is 10.2 Å². The number of thiazole rings is 1. The minimum Gasteiger partial charge on any atom is -0.493 e. The molecule has 30 heavy (non-hydrogen) atoms. The highest BCUT2D eigenvalue weighted by atomic mass is 35.5. The number of nitrogens with zero attached hydrogens (tertiary/aromatic N) is 3. The average Bonchev–Trinajstić information content (AvgIpc) is 3.20. The fraction of sp³-hybridized carbons (Fsp3) is 0.333. The molecule has 1 N–H and O–H groups in total. The Kier molecular flexibility index (Phi) is 6.15. The van der Waals surface area contributed by atoms with Crippen LogP contribution in [0.3, 0.4) is 0 Å². The summed E-state index contributed by atoms with van der Waals surface area (Å²) in [6, 6.07) is 11.3. The van der Waals surface area contributed by atoms with Crippen LogP contribution in [0.2, 0.25) is 5.02 Å². The van der Waals surface area contributed by atoms with Crippen LogP contribution in [0.15, 0.2) is 36.4 Å². The van der Waals surface area contributed by atoms with Crippen molar-refractivity contribution in [1.29, 1.82) is 0 Å². The maximum absolute atomic E-state index is 12.6. The molecule has 1 saturated heterocycles. The van der Waals surface area contributed by atoms with Crippen molar-refractivity contribution < 1.29 is 14.3 Å². The summed E-state index contributed by atoms with van der Waals surface area (Å²) in [4.78, 5) is 21.3. The number of hydrogen-bond acceptors (Lipinski definition) is 6. The van der Waals surface area contributed by atoms with Gasteiger partial charge in [-0.05, 0) is 35.9 Å². The van der Waals surface area contributed by atoms with Crippen molar-refractivity contribution >= 4 is 44.3 Å². The van der Waals surface area contributed by atoms with Gasteiger partial charge in [0.25, 0.3) is 0 Å². The molecule has 158 valence electrons. The molecule has 9 heteroatoms. The molecule has 0 bridgehead atoms. The number of nitrogens with one attached hydrogen (secondary N) is 1. The van der Waals surface area contributed by atoms with E-state index < -0.39 is 0 Å². The van der Waals surface area contributed by atoms with Gasteiger partial charge >= 0.3 is 6.03 Å². The molecule has 2 aromatic carbocycles. The number of rotatable bonds is 5. The Morgan fingerprint density at radius 2 is 1.87 bits per heavy atom. The lowest BCUT2D eigenvalue weighted by Crippen LogP contribution is -2.51. The highest BCUT2D eigenvalue weighted by Gasteiger charge is 2.23. The van der Waals surface area contributed by atoms with Gasteiger partial charge in [-0.2, -0.15) is 0 Å². The Bertz CT molecular complexity index is 1050. The van der Waals surface area contributed by atoms with Crippen molar-refractivity contribution in [3.8, 4) is 11.5 Å². The number of fused-ring (bicyclic) bond motifs is 1. The number of ether oxygens (including phenoxy) is 2. The van der Waals surface area contributed by atoms with Crippen LogP contribution in [0.1, 0.15) is 5.56 Å². The monoisotopic (exact) mass is 446 g/mol. The number of benzene rings is 2. The number of carbonyl (C=O) groups excluding carboxylic acids is 1. The van der Waals surface area contributed by atoms with Crippen LogP contribution in [0.4, 0.5) is 9.93 Å². The second kappa shape index (κ2) is 8.97. The Labute approximate surface area is 184 Å². The van der Waals surface area contributed by atoms with Gasteiger partial charge in [0.15, 0.2) is 16.6 Å².